The average Bonchev–Trinajstić information content (AvgIpc) is 2.78. The van der Waals surface area contributed by atoms with Gasteiger partial charge in [0.2, 0.25) is 0 Å². The predicted octanol–water partition coefficient (Wildman–Crippen LogP) is 3.12. The minimum absolute atomic E-state index is 0.0564. The lowest BCUT2D eigenvalue weighted by molar-refractivity contribution is 0.00527. The standard InChI is InChI=1S/C23H29FN2O4/c1-28-21-7-4-3-6-19(21)23(27)25-20-12-14-26(16-22(20)29-2)13-5-15-30-18-10-8-17(24)9-11-18/h3-4,6-11,20,22H,5,12-16H2,1-2H3,(H,25,27). The second-order valence-electron chi connectivity index (χ2n) is 7.30. The Kier molecular flexibility index (Phi) is 8.04. The summed E-state index contributed by atoms with van der Waals surface area (Å²) in [7, 11) is 3.23. The quantitative estimate of drug-likeness (QED) is 0.637. The summed E-state index contributed by atoms with van der Waals surface area (Å²) in [4.78, 5) is 15.0. The molecule has 1 heterocycles. The highest BCUT2D eigenvalue weighted by atomic mass is 19.1. The van der Waals surface area contributed by atoms with Gasteiger partial charge in [0.1, 0.15) is 17.3 Å². The Hall–Kier alpha value is -2.64. The van der Waals surface area contributed by atoms with Crippen LogP contribution in [0, 0.1) is 5.82 Å². The Bertz CT molecular complexity index is 815. The first-order valence-corrected chi connectivity index (χ1v) is 10.2. The number of carbonyl (C=O) groups is 1. The molecule has 0 spiro atoms. The monoisotopic (exact) mass is 416 g/mol. The fraction of sp³-hybridized carbons (Fsp3) is 0.435. The molecule has 162 valence electrons. The molecule has 1 aliphatic heterocycles. The number of methoxy groups -OCH3 is 2. The van der Waals surface area contributed by atoms with Crippen LogP contribution < -0.4 is 14.8 Å². The maximum atomic E-state index is 12.9. The zero-order valence-corrected chi connectivity index (χ0v) is 17.5. The van der Waals surface area contributed by atoms with Crippen LogP contribution in [-0.4, -0.2) is 63.4 Å². The van der Waals surface area contributed by atoms with Gasteiger partial charge in [0, 0.05) is 26.7 Å². The summed E-state index contributed by atoms with van der Waals surface area (Å²) in [6.07, 6.45) is 1.57. The van der Waals surface area contributed by atoms with Crippen molar-refractivity contribution in [3.8, 4) is 11.5 Å². The number of ether oxygens (including phenoxy) is 3. The first-order valence-electron chi connectivity index (χ1n) is 10.2. The topological polar surface area (TPSA) is 60.0 Å². The molecule has 1 aliphatic rings. The molecule has 2 aromatic carbocycles. The molecule has 0 saturated carbocycles. The van der Waals surface area contributed by atoms with Crippen LogP contribution in [-0.2, 0) is 4.74 Å². The molecule has 3 rings (SSSR count). The molecule has 6 nitrogen and oxygen atoms in total. The molecule has 2 unspecified atom stereocenters. The maximum absolute atomic E-state index is 12.9. The zero-order valence-electron chi connectivity index (χ0n) is 17.5. The number of nitrogens with one attached hydrogen (secondary N) is 1. The van der Waals surface area contributed by atoms with Crippen LogP contribution in [0.15, 0.2) is 48.5 Å². The summed E-state index contributed by atoms with van der Waals surface area (Å²) in [5.74, 6) is 0.806. The zero-order chi connectivity index (χ0) is 21.3. The van der Waals surface area contributed by atoms with E-state index in [4.69, 9.17) is 14.2 Å². The van der Waals surface area contributed by atoms with E-state index in [2.05, 4.69) is 10.2 Å². The van der Waals surface area contributed by atoms with Gasteiger partial charge in [-0.1, -0.05) is 12.1 Å². The second kappa shape index (κ2) is 10.9. The molecule has 2 atom stereocenters. The van der Waals surface area contributed by atoms with E-state index >= 15 is 0 Å². The van der Waals surface area contributed by atoms with Crippen molar-refractivity contribution >= 4 is 5.91 Å². The van der Waals surface area contributed by atoms with Crippen molar-refractivity contribution in [1.29, 1.82) is 0 Å². The molecule has 0 radical (unpaired) electrons. The van der Waals surface area contributed by atoms with Crippen LogP contribution >= 0.6 is 0 Å². The summed E-state index contributed by atoms with van der Waals surface area (Å²) in [5, 5.41) is 3.10. The summed E-state index contributed by atoms with van der Waals surface area (Å²) in [5.41, 5.74) is 0.523. The molecule has 1 fully saturated rings. The van der Waals surface area contributed by atoms with Crippen molar-refractivity contribution in [2.75, 3.05) is 40.5 Å². The number of nitrogens with zero attached hydrogens (tertiary/aromatic N) is 1. The Labute approximate surface area is 176 Å². The molecule has 1 amide bonds. The lowest BCUT2D eigenvalue weighted by atomic mass is 10.0. The summed E-state index contributed by atoms with van der Waals surface area (Å²) in [6, 6.07) is 13.2. The van der Waals surface area contributed by atoms with Gasteiger partial charge in [-0.25, -0.2) is 4.39 Å². The molecule has 1 N–H and O–H groups in total. The first kappa shape index (κ1) is 22.1. The van der Waals surface area contributed by atoms with Gasteiger partial charge in [-0.05, 0) is 49.2 Å². The molecule has 2 aromatic rings. The van der Waals surface area contributed by atoms with Gasteiger partial charge in [0.05, 0.1) is 31.4 Å². The van der Waals surface area contributed by atoms with E-state index < -0.39 is 0 Å². The number of benzene rings is 2. The number of rotatable bonds is 9. The van der Waals surface area contributed by atoms with E-state index in [1.54, 1.807) is 38.5 Å². The largest absolute Gasteiger partial charge is 0.496 e. The van der Waals surface area contributed by atoms with Crippen LogP contribution in [0.2, 0.25) is 0 Å². The van der Waals surface area contributed by atoms with E-state index in [1.165, 1.54) is 12.1 Å². The number of piperidine rings is 1. The predicted molar refractivity (Wildman–Crippen MR) is 113 cm³/mol. The Balaban J connectivity index is 1.45. The van der Waals surface area contributed by atoms with Crippen molar-refractivity contribution in [3.63, 3.8) is 0 Å². The number of hydrogen-bond acceptors (Lipinski definition) is 5. The third kappa shape index (κ3) is 5.93. The number of hydrogen-bond donors (Lipinski definition) is 1. The van der Waals surface area contributed by atoms with E-state index in [-0.39, 0.29) is 23.9 Å². The number of para-hydroxylation sites is 1. The van der Waals surface area contributed by atoms with Crippen molar-refractivity contribution < 1.29 is 23.4 Å². The number of halogens is 1. The Morgan fingerprint density at radius 2 is 1.93 bits per heavy atom. The van der Waals surface area contributed by atoms with Gasteiger partial charge < -0.3 is 24.4 Å². The lowest BCUT2D eigenvalue weighted by Crippen LogP contribution is -2.55. The van der Waals surface area contributed by atoms with Gasteiger partial charge >= 0.3 is 0 Å². The fourth-order valence-electron chi connectivity index (χ4n) is 3.67. The van der Waals surface area contributed by atoms with Crippen molar-refractivity contribution in [3.05, 3.63) is 59.9 Å². The number of amides is 1. The van der Waals surface area contributed by atoms with E-state index in [9.17, 15) is 9.18 Å². The van der Waals surface area contributed by atoms with E-state index in [0.717, 1.165) is 32.5 Å². The first-order chi connectivity index (χ1) is 14.6. The van der Waals surface area contributed by atoms with Crippen molar-refractivity contribution in [2.45, 2.75) is 25.0 Å². The van der Waals surface area contributed by atoms with Gasteiger partial charge in [-0.2, -0.15) is 0 Å². The third-order valence-electron chi connectivity index (χ3n) is 5.32. The van der Waals surface area contributed by atoms with Gasteiger partial charge in [0.15, 0.2) is 0 Å². The third-order valence-corrected chi connectivity index (χ3v) is 5.32. The number of likely N-dealkylation sites (tertiary alicyclic amines) is 1. The molecular weight excluding hydrogens is 387 g/mol. The highest BCUT2D eigenvalue weighted by molar-refractivity contribution is 5.97. The van der Waals surface area contributed by atoms with E-state index in [1.807, 2.05) is 12.1 Å². The minimum Gasteiger partial charge on any atom is -0.496 e. The van der Waals surface area contributed by atoms with Crippen LogP contribution in [0.5, 0.6) is 11.5 Å². The van der Waals surface area contributed by atoms with Crippen LogP contribution in [0.25, 0.3) is 0 Å². The molecule has 0 bridgehead atoms. The molecule has 0 aromatic heterocycles. The highest BCUT2D eigenvalue weighted by Crippen LogP contribution is 2.20. The molecule has 7 heteroatoms. The van der Waals surface area contributed by atoms with Crippen LogP contribution in [0.4, 0.5) is 4.39 Å². The second-order valence-corrected chi connectivity index (χ2v) is 7.30. The molecular formula is C23H29FN2O4. The molecule has 30 heavy (non-hydrogen) atoms. The van der Waals surface area contributed by atoms with Gasteiger partial charge in [0.25, 0.3) is 5.91 Å². The molecule has 0 aliphatic carbocycles. The van der Waals surface area contributed by atoms with Crippen LogP contribution in [0.1, 0.15) is 23.2 Å². The summed E-state index contributed by atoms with van der Waals surface area (Å²) in [6.45, 7) is 3.04. The fourth-order valence-corrected chi connectivity index (χ4v) is 3.67. The molecule has 1 saturated heterocycles. The minimum atomic E-state index is -0.270. The van der Waals surface area contributed by atoms with Gasteiger partial charge in [-0.15, -0.1) is 0 Å². The highest BCUT2D eigenvalue weighted by Gasteiger charge is 2.30. The SMILES string of the molecule is COc1ccccc1C(=O)NC1CCN(CCCOc2ccc(F)cc2)CC1OC. The normalized spacial score (nSPS) is 19.3. The van der Waals surface area contributed by atoms with Crippen molar-refractivity contribution in [2.24, 2.45) is 0 Å². The smallest absolute Gasteiger partial charge is 0.255 e. The van der Waals surface area contributed by atoms with Gasteiger partial charge in [-0.3, -0.25) is 4.79 Å². The van der Waals surface area contributed by atoms with E-state index in [0.29, 0.717) is 23.7 Å². The van der Waals surface area contributed by atoms with Crippen molar-refractivity contribution in [1.82, 2.24) is 10.2 Å². The van der Waals surface area contributed by atoms with Crippen LogP contribution in [0.3, 0.4) is 0 Å². The summed E-state index contributed by atoms with van der Waals surface area (Å²) < 4.78 is 29.5. The average molecular weight is 416 g/mol. The Morgan fingerprint density at radius 3 is 2.67 bits per heavy atom. The lowest BCUT2D eigenvalue weighted by Gasteiger charge is -2.38. The Morgan fingerprint density at radius 1 is 1.17 bits per heavy atom. The maximum Gasteiger partial charge on any atom is 0.255 e. The number of carbonyl (C=O) groups excluding carboxylic acids is 1. The summed E-state index contributed by atoms with van der Waals surface area (Å²) >= 11 is 0.